The average molecular weight is 248 g/mol. The maximum Gasteiger partial charge on any atom is 3.00 e. The molecule has 0 rings (SSSR count). The molecule has 0 bridgehead atoms. The molecule has 0 spiro atoms. The van der Waals surface area contributed by atoms with Gasteiger partial charge in [-0.25, -0.2) is 6.58 Å². The van der Waals surface area contributed by atoms with Crippen molar-refractivity contribution in [2.75, 3.05) is 12.0 Å². The summed E-state index contributed by atoms with van der Waals surface area (Å²) in [5.74, 6) is 1.22. The van der Waals surface area contributed by atoms with E-state index in [0.717, 1.165) is 0 Å². The van der Waals surface area contributed by atoms with E-state index in [1.807, 2.05) is 0 Å². The minimum atomic E-state index is 0. The van der Waals surface area contributed by atoms with Crippen molar-refractivity contribution in [3.8, 4) is 0 Å². The van der Waals surface area contributed by atoms with Crippen molar-refractivity contribution in [2.45, 2.75) is 13.8 Å². The normalized spacial score (nSPS) is 9.82. The topological polar surface area (TPSA) is 17.1 Å². The molecule has 1 unspecified atom stereocenters. The van der Waals surface area contributed by atoms with Crippen LogP contribution in [-0.4, -0.2) is 18.3 Å². The second-order valence-corrected chi connectivity index (χ2v) is 4.09. The Morgan fingerprint density at radius 1 is 1.73 bits per heavy atom. The first-order valence-electron chi connectivity index (χ1n) is 3.00. The summed E-state index contributed by atoms with van der Waals surface area (Å²) < 4.78 is 0. The third-order valence-corrected chi connectivity index (χ3v) is 1.65. The predicted molar refractivity (Wildman–Crippen MR) is 49.7 cm³/mol. The summed E-state index contributed by atoms with van der Waals surface area (Å²) >= 11 is 0. The zero-order valence-corrected chi connectivity index (χ0v) is 11.2. The van der Waals surface area contributed by atoms with Gasteiger partial charge in [0.1, 0.15) is 0 Å². The second-order valence-electron chi connectivity index (χ2n) is 1.95. The third kappa shape index (κ3) is 36.1. The van der Waals surface area contributed by atoms with Gasteiger partial charge < -0.3 is 4.79 Å². The summed E-state index contributed by atoms with van der Waals surface area (Å²) in [6.45, 7) is 7.00. The molecule has 0 aliphatic heterocycles. The largest absolute Gasteiger partial charge is 3.00 e. The van der Waals surface area contributed by atoms with Gasteiger partial charge in [0.15, 0.2) is 0 Å². The molecule has 3 heteroatoms. The molecule has 0 amide bonds. The van der Waals surface area contributed by atoms with Crippen molar-refractivity contribution >= 4 is 17.2 Å². The van der Waals surface area contributed by atoms with Crippen molar-refractivity contribution in [1.29, 1.82) is 0 Å². The summed E-state index contributed by atoms with van der Waals surface area (Å²) in [5, 5.41) is 0. The first-order chi connectivity index (χ1) is 4.54. The van der Waals surface area contributed by atoms with Crippen LogP contribution in [0.25, 0.3) is 0 Å². The van der Waals surface area contributed by atoms with Crippen molar-refractivity contribution in [3.05, 3.63) is 18.4 Å². The molecule has 0 fully saturated rings. The first-order valence-corrected chi connectivity index (χ1v) is 4.97. The van der Waals surface area contributed by atoms with Crippen LogP contribution in [0.15, 0.2) is 12.2 Å². The van der Waals surface area contributed by atoms with Gasteiger partial charge in [-0.15, -0.1) is 6.26 Å². The fraction of sp³-hybridized carbons (Fsp3) is 0.500. The zero-order chi connectivity index (χ0) is 8.57. The van der Waals surface area contributed by atoms with Crippen molar-refractivity contribution < 1.29 is 37.5 Å². The van der Waals surface area contributed by atoms with E-state index in [4.69, 9.17) is 0 Å². The Balaban J connectivity index is -0.000000107. The molecule has 0 aromatic rings. The zero-order valence-electron chi connectivity index (χ0n) is 7.52. The predicted octanol–water partition coefficient (Wildman–Crippen LogP) is 1.72. The Hall–Kier alpha value is 0.864. The Morgan fingerprint density at radius 3 is 1.91 bits per heavy atom. The summed E-state index contributed by atoms with van der Waals surface area (Å²) in [6, 6.07) is 0. The third-order valence-electron chi connectivity index (χ3n) is 0.667. The number of allylic oxidation sites excluding steroid dienone is 1. The summed E-state index contributed by atoms with van der Waals surface area (Å²) in [6.07, 6.45) is 7.51. The fourth-order valence-corrected chi connectivity index (χ4v) is 0. The molecule has 0 heterocycles. The van der Waals surface area contributed by atoms with Crippen molar-refractivity contribution in [1.82, 2.24) is 0 Å². The van der Waals surface area contributed by atoms with Gasteiger partial charge in [-0.2, -0.15) is 16.5 Å². The van der Waals surface area contributed by atoms with Crippen LogP contribution in [0.3, 0.4) is 0 Å². The molecule has 0 aromatic heterocycles. The van der Waals surface area contributed by atoms with Crippen LogP contribution in [0.4, 0.5) is 0 Å². The molecule has 1 nitrogen and oxygen atoms in total. The van der Waals surface area contributed by atoms with Gasteiger partial charge in [-0.05, 0) is 13.2 Å². The van der Waals surface area contributed by atoms with Crippen molar-refractivity contribution in [3.63, 3.8) is 0 Å². The van der Waals surface area contributed by atoms with Gasteiger partial charge in [0.25, 0.3) is 0 Å². The molecule has 0 radical (unpaired) electrons. The molecule has 0 aliphatic rings. The monoisotopic (exact) mass is 248 g/mol. The van der Waals surface area contributed by atoms with Crippen LogP contribution in [-0.2, 0) is 48.4 Å². The second kappa shape index (κ2) is 13.5. The van der Waals surface area contributed by atoms with E-state index in [-0.39, 0.29) is 32.7 Å². The fourth-order valence-electron chi connectivity index (χ4n) is 0. The molecule has 60 valence electrons. The average Bonchev–Trinajstić information content (AvgIpc) is 1.89. The van der Waals surface area contributed by atoms with Crippen LogP contribution < -0.4 is 0 Å². The van der Waals surface area contributed by atoms with E-state index >= 15 is 0 Å². The molecular weight excluding hydrogens is 233 g/mol. The molecule has 0 N–H and O–H groups in total. The van der Waals surface area contributed by atoms with Crippen LogP contribution >= 0.6 is 0 Å². The van der Waals surface area contributed by atoms with E-state index in [2.05, 4.69) is 26.0 Å². The van der Waals surface area contributed by atoms with E-state index < -0.39 is 0 Å². The SMILES string of the molecule is C=C(C)[C-]=O.[CH2-][S+](C)CC.[Y+3]. The Bertz CT molecular complexity index is 102. The standard InChI is InChI=1S/C4H5O.C4H10S.Y/c1-4(2)3-5;1-4-5(2)3;/h1H2,2H3;2,4H2,1,3H3;/q-1;;+3. The number of hydrogen-bond acceptors (Lipinski definition) is 1. The molecule has 0 aromatic carbocycles. The van der Waals surface area contributed by atoms with Crippen LogP contribution in [0.5, 0.6) is 0 Å². The Labute approximate surface area is 98.2 Å². The molecule has 11 heavy (non-hydrogen) atoms. The maximum absolute atomic E-state index is 9.28. The van der Waals surface area contributed by atoms with Gasteiger partial charge in [0.2, 0.25) is 0 Å². The van der Waals surface area contributed by atoms with E-state index in [9.17, 15) is 4.79 Å². The van der Waals surface area contributed by atoms with Crippen LogP contribution in [0, 0.1) is 6.26 Å². The van der Waals surface area contributed by atoms with E-state index in [1.54, 1.807) is 13.2 Å². The first kappa shape index (κ1) is 17.8. The number of hydrogen-bond donors (Lipinski definition) is 0. The minimum absolute atomic E-state index is 0. The van der Waals surface area contributed by atoms with Crippen LogP contribution in [0.1, 0.15) is 13.8 Å². The van der Waals surface area contributed by atoms with Crippen molar-refractivity contribution in [2.24, 2.45) is 0 Å². The molecule has 0 aliphatic carbocycles. The summed E-state index contributed by atoms with van der Waals surface area (Å²) in [7, 11) is 0.427. The quantitative estimate of drug-likeness (QED) is 0.413. The van der Waals surface area contributed by atoms with Gasteiger partial charge in [0.05, 0.1) is 12.0 Å². The van der Waals surface area contributed by atoms with Gasteiger partial charge in [-0.1, -0.05) is 6.92 Å². The summed E-state index contributed by atoms with van der Waals surface area (Å²) in [5.41, 5.74) is 0.449. The van der Waals surface area contributed by atoms with Gasteiger partial charge >= 0.3 is 32.7 Å². The smallest absolute Gasteiger partial charge is 0.419 e. The van der Waals surface area contributed by atoms with E-state index in [0.29, 0.717) is 16.5 Å². The van der Waals surface area contributed by atoms with Gasteiger partial charge in [0, 0.05) is 0 Å². The van der Waals surface area contributed by atoms with Crippen LogP contribution in [0.2, 0.25) is 0 Å². The molecule has 1 atom stereocenters. The molecule has 0 saturated heterocycles. The molecular formula is C8H15OSY+2. The minimum Gasteiger partial charge on any atom is -0.419 e. The van der Waals surface area contributed by atoms with E-state index in [1.165, 1.54) is 5.75 Å². The number of carbonyl (C=O) groups excluding carboxylic acids is 1. The Kier molecular flexibility index (Phi) is 21.8. The number of rotatable bonds is 2. The summed E-state index contributed by atoms with van der Waals surface area (Å²) in [4.78, 5) is 9.28. The molecule has 0 saturated carbocycles. The Morgan fingerprint density at radius 2 is 1.91 bits per heavy atom. The van der Waals surface area contributed by atoms with Gasteiger partial charge in [-0.3, -0.25) is 0 Å². The maximum atomic E-state index is 9.28.